The van der Waals surface area contributed by atoms with Gasteiger partial charge < -0.3 is 14.3 Å². The van der Waals surface area contributed by atoms with Gasteiger partial charge in [-0.2, -0.15) is 0 Å². The standard InChI is InChI=1S/C11H24BN2O2/c1-4-13-6-8-14(9-7-13)10-11(15-5-2)16-12-3/h11H,4-10H2,1-3H3. The summed E-state index contributed by atoms with van der Waals surface area (Å²) in [6.07, 6.45) is -0.108. The SMILES string of the molecule is C[B]OC(CN1CCN(CC)CC1)OCC. The van der Waals surface area contributed by atoms with Crippen molar-refractivity contribution in [2.45, 2.75) is 27.0 Å². The third-order valence-corrected chi connectivity index (χ3v) is 2.96. The molecule has 1 aliphatic heterocycles. The van der Waals surface area contributed by atoms with E-state index in [0.29, 0.717) is 6.61 Å². The fourth-order valence-corrected chi connectivity index (χ4v) is 1.97. The highest BCUT2D eigenvalue weighted by atomic mass is 16.7. The van der Waals surface area contributed by atoms with Crippen LogP contribution in [-0.4, -0.2) is 69.4 Å². The first-order chi connectivity index (χ1) is 7.80. The van der Waals surface area contributed by atoms with E-state index in [4.69, 9.17) is 9.39 Å². The molecular weight excluding hydrogens is 203 g/mol. The van der Waals surface area contributed by atoms with Crippen molar-refractivity contribution in [2.24, 2.45) is 0 Å². The Labute approximate surface area is 100 Å². The lowest BCUT2D eigenvalue weighted by atomic mass is 10.1. The number of rotatable bonds is 7. The van der Waals surface area contributed by atoms with E-state index < -0.39 is 0 Å². The molecule has 93 valence electrons. The van der Waals surface area contributed by atoms with Gasteiger partial charge in [-0.1, -0.05) is 13.7 Å². The summed E-state index contributed by atoms with van der Waals surface area (Å²) in [4.78, 5) is 4.88. The Morgan fingerprint density at radius 1 is 1.12 bits per heavy atom. The smallest absolute Gasteiger partial charge is 0.292 e. The lowest BCUT2D eigenvalue weighted by Gasteiger charge is -2.35. The lowest BCUT2D eigenvalue weighted by molar-refractivity contribution is -0.0943. The minimum absolute atomic E-state index is 0.108. The molecule has 1 heterocycles. The van der Waals surface area contributed by atoms with Crippen LogP contribution >= 0.6 is 0 Å². The molecule has 0 aliphatic carbocycles. The van der Waals surface area contributed by atoms with E-state index >= 15 is 0 Å². The summed E-state index contributed by atoms with van der Waals surface area (Å²) >= 11 is 0. The third kappa shape index (κ3) is 4.83. The Morgan fingerprint density at radius 3 is 2.25 bits per heavy atom. The molecule has 4 nitrogen and oxygen atoms in total. The normalized spacial score (nSPS) is 20.9. The molecule has 1 atom stereocenters. The Balaban J connectivity index is 2.24. The Morgan fingerprint density at radius 2 is 1.75 bits per heavy atom. The summed E-state index contributed by atoms with van der Waals surface area (Å²) in [6, 6.07) is 0. The van der Waals surface area contributed by atoms with E-state index in [-0.39, 0.29) is 6.29 Å². The summed E-state index contributed by atoms with van der Waals surface area (Å²) in [5.41, 5.74) is 0. The lowest BCUT2D eigenvalue weighted by Crippen LogP contribution is -2.49. The predicted octanol–water partition coefficient (Wildman–Crippen LogP) is 0.670. The van der Waals surface area contributed by atoms with Crippen molar-refractivity contribution in [3.63, 3.8) is 0 Å². The molecule has 0 spiro atoms. The van der Waals surface area contributed by atoms with Crippen LogP contribution in [0.3, 0.4) is 0 Å². The van der Waals surface area contributed by atoms with Gasteiger partial charge in [0.1, 0.15) is 0 Å². The maximum Gasteiger partial charge on any atom is 0.292 e. The summed E-state index contributed by atoms with van der Waals surface area (Å²) in [6.45, 7) is 13.4. The highest BCUT2D eigenvalue weighted by molar-refractivity contribution is 6.24. The molecule has 1 aliphatic rings. The largest absolute Gasteiger partial charge is 0.417 e. The van der Waals surface area contributed by atoms with E-state index in [0.717, 1.165) is 39.3 Å². The predicted molar refractivity (Wildman–Crippen MR) is 66.7 cm³/mol. The first-order valence-corrected chi connectivity index (χ1v) is 6.29. The quantitative estimate of drug-likeness (QED) is 0.471. The fraction of sp³-hybridized carbons (Fsp3) is 1.00. The second-order valence-corrected chi connectivity index (χ2v) is 3.99. The van der Waals surface area contributed by atoms with Gasteiger partial charge >= 0.3 is 0 Å². The highest BCUT2D eigenvalue weighted by Crippen LogP contribution is 2.04. The summed E-state index contributed by atoms with van der Waals surface area (Å²) in [5, 5.41) is 0. The molecule has 0 N–H and O–H groups in total. The van der Waals surface area contributed by atoms with Crippen molar-refractivity contribution in [3.05, 3.63) is 0 Å². The topological polar surface area (TPSA) is 24.9 Å². The van der Waals surface area contributed by atoms with E-state index in [1.165, 1.54) is 0 Å². The van der Waals surface area contributed by atoms with Gasteiger partial charge in [0, 0.05) is 39.3 Å². The summed E-state index contributed by atoms with van der Waals surface area (Å²) in [5.74, 6) is 0. The average molecular weight is 227 g/mol. The van der Waals surface area contributed by atoms with Crippen molar-refractivity contribution in [1.29, 1.82) is 0 Å². The van der Waals surface area contributed by atoms with Crippen LogP contribution in [0, 0.1) is 0 Å². The maximum atomic E-state index is 5.53. The molecular formula is C11H24BN2O2. The molecule has 0 aromatic carbocycles. The Bertz CT molecular complexity index is 169. The van der Waals surface area contributed by atoms with E-state index in [1.54, 1.807) is 7.48 Å². The van der Waals surface area contributed by atoms with Gasteiger partial charge in [0.25, 0.3) is 7.48 Å². The minimum atomic E-state index is -0.108. The first-order valence-electron chi connectivity index (χ1n) is 6.29. The second-order valence-electron chi connectivity index (χ2n) is 3.99. The second kappa shape index (κ2) is 8.06. The van der Waals surface area contributed by atoms with Crippen molar-refractivity contribution in [2.75, 3.05) is 45.9 Å². The van der Waals surface area contributed by atoms with Crippen molar-refractivity contribution in [3.8, 4) is 0 Å². The fourth-order valence-electron chi connectivity index (χ4n) is 1.97. The molecule has 16 heavy (non-hydrogen) atoms. The van der Waals surface area contributed by atoms with Gasteiger partial charge in [-0.05, 0) is 13.5 Å². The number of nitrogens with zero attached hydrogens (tertiary/aromatic N) is 2. The number of piperazine rings is 1. The molecule has 1 saturated heterocycles. The van der Waals surface area contributed by atoms with Crippen LogP contribution in [0.4, 0.5) is 0 Å². The van der Waals surface area contributed by atoms with Gasteiger partial charge in [0.15, 0.2) is 6.29 Å². The number of hydrogen-bond acceptors (Lipinski definition) is 4. The van der Waals surface area contributed by atoms with E-state index in [1.807, 2.05) is 13.7 Å². The summed E-state index contributed by atoms with van der Waals surface area (Å²) in [7, 11) is 1.71. The first kappa shape index (κ1) is 14.0. The maximum absolute atomic E-state index is 5.53. The summed E-state index contributed by atoms with van der Waals surface area (Å²) < 4.78 is 11.0. The molecule has 0 aromatic rings. The van der Waals surface area contributed by atoms with Crippen molar-refractivity contribution >= 4 is 7.48 Å². The Hall–Kier alpha value is -0.0951. The molecule has 1 unspecified atom stereocenters. The highest BCUT2D eigenvalue weighted by Gasteiger charge is 2.19. The van der Waals surface area contributed by atoms with Gasteiger partial charge in [-0.25, -0.2) is 0 Å². The monoisotopic (exact) mass is 227 g/mol. The minimum Gasteiger partial charge on any atom is -0.417 e. The molecule has 0 aromatic heterocycles. The van der Waals surface area contributed by atoms with Crippen LogP contribution < -0.4 is 0 Å². The van der Waals surface area contributed by atoms with Crippen LogP contribution in [0.25, 0.3) is 0 Å². The zero-order chi connectivity index (χ0) is 11.8. The zero-order valence-corrected chi connectivity index (χ0v) is 10.8. The van der Waals surface area contributed by atoms with Crippen LogP contribution in [0.5, 0.6) is 0 Å². The van der Waals surface area contributed by atoms with Crippen molar-refractivity contribution in [1.82, 2.24) is 9.80 Å². The van der Waals surface area contributed by atoms with Crippen LogP contribution in [-0.2, 0) is 9.39 Å². The third-order valence-electron chi connectivity index (χ3n) is 2.96. The molecule has 1 radical (unpaired) electrons. The van der Waals surface area contributed by atoms with Gasteiger partial charge in [-0.15, -0.1) is 0 Å². The molecule has 0 amide bonds. The number of likely N-dealkylation sites (N-methyl/N-ethyl adjacent to an activating group) is 1. The van der Waals surface area contributed by atoms with Gasteiger partial charge in [0.2, 0.25) is 0 Å². The van der Waals surface area contributed by atoms with Crippen LogP contribution in [0.15, 0.2) is 0 Å². The average Bonchev–Trinajstić information content (AvgIpc) is 2.31. The molecule has 0 saturated carbocycles. The number of hydrogen-bond donors (Lipinski definition) is 0. The van der Waals surface area contributed by atoms with Crippen molar-refractivity contribution < 1.29 is 9.39 Å². The van der Waals surface area contributed by atoms with Gasteiger partial charge in [0.05, 0.1) is 0 Å². The van der Waals surface area contributed by atoms with Crippen LogP contribution in [0.1, 0.15) is 13.8 Å². The molecule has 5 heteroatoms. The molecule has 1 rings (SSSR count). The van der Waals surface area contributed by atoms with E-state index in [9.17, 15) is 0 Å². The Kier molecular flexibility index (Phi) is 7.04. The van der Waals surface area contributed by atoms with Gasteiger partial charge in [-0.3, -0.25) is 4.90 Å². The number of ether oxygens (including phenoxy) is 1. The molecule has 0 bridgehead atoms. The van der Waals surface area contributed by atoms with Crippen LogP contribution in [0.2, 0.25) is 6.82 Å². The molecule has 1 fully saturated rings. The van der Waals surface area contributed by atoms with E-state index in [2.05, 4.69) is 16.7 Å². The zero-order valence-electron chi connectivity index (χ0n) is 10.8.